The van der Waals surface area contributed by atoms with Gasteiger partial charge in [0.25, 0.3) is 5.91 Å². The summed E-state index contributed by atoms with van der Waals surface area (Å²) in [5.41, 5.74) is 2.20. The molecule has 1 heterocycles. The molecule has 6 nitrogen and oxygen atoms in total. The van der Waals surface area contributed by atoms with E-state index in [-0.39, 0.29) is 30.1 Å². The van der Waals surface area contributed by atoms with Crippen LogP contribution in [0.5, 0.6) is 0 Å². The Bertz CT molecular complexity index is 466. The normalized spacial score (nSPS) is 40.3. The fourth-order valence-corrected chi connectivity index (χ4v) is 5.71. The van der Waals surface area contributed by atoms with Crippen LogP contribution >= 0.6 is 0 Å². The van der Waals surface area contributed by atoms with E-state index in [9.17, 15) is 9.59 Å². The van der Waals surface area contributed by atoms with E-state index < -0.39 is 0 Å². The highest BCUT2D eigenvalue weighted by atomic mass is 16.8. The van der Waals surface area contributed by atoms with Crippen molar-refractivity contribution in [2.24, 2.45) is 23.2 Å². The Kier molecular flexibility index (Phi) is 4.52. The van der Waals surface area contributed by atoms with Gasteiger partial charge >= 0.3 is 0 Å². The van der Waals surface area contributed by atoms with Gasteiger partial charge in [-0.15, -0.1) is 0 Å². The minimum atomic E-state index is -0.360. The number of hydrogen-bond donors (Lipinski definition) is 2. The SMILES string of the molecule is O=C(CNC(=O)C12CC3CC(CC(C3)C1)C2)NO[C@@H]1CCCCO1. The summed E-state index contributed by atoms with van der Waals surface area (Å²) in [4.78, 5) is 29.9. The Hall–Kier alpha value is -1.14. The van der Waals surface area contributed by atoms with Gasteiger partial charge in [-0.1, -0.05) is 0 Å². The fraction of sp³-hybridized carbons (Fsp3) is 0.889. The zero-order chi connectivity index (χ0) is 16.6. The summed E-state index contributed by atoms with van der Waals surface area (Å²) in [6.07, 6.45) is 9.48. The molecule has 24 heavy (non-hydrogen) atoms. The number of carbonyl (C=O) groups excluding carboxylic acids is 2. The van der Waals surface area contributed by atoms with Crippen LogP contribution in [0.2, 0.25) is 0 Å². The average molecular weight is 336 g/mol. The van der Waals surface area contributed by atoms with Gasteiger partial charge in [-0.25, -0.2) is 10.3 Å². The van der Waals surface area contributed by atoms with E-state index in [0.29, 0.717) is 6.61 Å². The third-order valence-electron chi connectivity index (χ3n) is 6.37. The summed E-state index contributed by atoms with van der Waals surface area (Å²) in [6, 6.07) is 0. The molecule has 0 radical (unpaired) electrons. The predicted octanol–water partition coefficient (Wildman–Crippen LogP) is 1.89. The van der Waals surface area contributed by atoms with Crippen LogP contribution in [-0.2, 0) is 19.2 Å². The van der Waals surface area contributed by atoms with Crippen molar-refractivity contribution in [2.75, 3.05) is 13.2 Å². The lowest BCUT2D eigenvalue weighted by molar-refractivity contribution is -0.200. The Morgan fingerprint density at radius 3 is 2.29 bits per heavy atom. The molecular weight excluding hydrogens is 308 g/mol. The zero-order valence-corrected chi connectivity index (χ0v) is 14.2. The molecule has 5 fully saturated rings. The first-order valence-corrected chi connectivity index (χ1v) is 9.47. The topological polar surface area (TPSA) is 76.7 Å². The van der Waals surface area contributed by atoms with E-state index in [1.54, 1.807) is 0 Å². The highest BCUT2D eigenvalue weighted by molar-refractivity contribution is 5.87. The van der Waals surface area contributed by atoms with Crippen LogP contribution in [0.15, 0.2) is 0 Å². The molecule has 0 aromatic rings. The minimum absolute atomic E-state index is 0.0205. The number of ether oxygens (including phenoxy) is 1. The van der Waals surface area contributed by atoms with E-state index in [1.165, 1.54) is 19.3 Å². The quantitative estimate of drug-likeness (QED) is 0.752. The molecular formula is C18H28N2O4. The molecule has 0 unspecified atom stereocenters. The van der Waals surface area contributed by atoms with Gasteiger partial charge in [0.2, 0.25) is 5.91 Å². The second-order valence-corrected chi connectivity index (χ2v) is 8.32. The predicted molar refractivity (Wildman–Crippen MR) is 86.4 cm³/mol. The second kappa shape index (κ2) is 6.64. The smallest absolute Gasteiger partial charge is 0.263 e. The van der Waals surface area contributed by atoms with E-state index in [2.05, 4.69) is 10.8 Å². The van der Waals surface area contributed by atoms with Crippen LogP contribution in [0.4, 0.5) is 0 Å². The summed E-state index contributed by atoms with van der Waals surface area (Å²) in [5, 5.41) is 2.86. The summed E-state index contributed by atoms with van der Waals surface area (Å²) in [6.45, 7) is 0.649. The molecule has 134 valence electrons. The first-order chi connectivity index (χ1) is 11.6. The number of nitrogens with one attached hydrogen (secondary N) is 2. The number of amides is 2. The lowest BCUT2D eigenvalue weighted by Gasteiger charge is -2.55. The van der Waals surface area contributed by atoms with Crippen molar-refractivity contribution in [1.29, 1.82) is 0 Å². The van der Waals surface area contributed by atoms with Crippen LogP contribution in [0.3, 0.4) is 0 Å². The van der Waals surface area contributed by atoms with Crippen molar-refractivity contribution in [3.63, 3.8) is 0 Å². The van der Waals surface area contributed by atoms with Crippen LogP contribution in [0.25, 0.3) is 0 Å². The maximum atomic E-state index is 12.8. The van der Waals surface area contributed by atoms with Crippen molar-refractivity contribution < 1.29 is 19.2 Å². The number of rotatable bonds is 5. The molecule has 1 aliphatic heterocycles. The highest BCUT2D eigenvalue weighted by Crippen LogP contribution is 2.60. The van der Waals surface area contributed by atoms with Crippen LogP contribution in [-0.4, -0.2) is 31.3 Å². The van der Waals surface area contributed by atoms with Gasteiger partial charge in [-0.2, -0.15) is 0 Å². The number of hydroxylamine groups is 1. The van der Waals surface area contributed by atoms with Gasteiger partial charge in [0.15, 0.2) is 6.29 Å². The van der Waals surface area contributed by atoms with Crippen molar-refractivity contribution >= 4 is 11.8 Å². The molecule has 4 saturated carbocycles. The van der Waals surface area contributed by atoms with E-state index in [1.807, 2.05) is 0 Å². The molecule has 2 amide bonds. The van der Waals surface area contributed by atoms with Crippen molar-refractivity contribution in [2.45, 2.75) is 64.1 Å². The minimum Gasteiger partial charge on any atom is -0.350 e. The van der Waals surface area contributed by atoms with Gasteiger partial charge in [-0.3, -0.25) is 9.59 Å². The summed E-state index contributed by atoms with van der Waals surface area (Å²) in [7, 11) is 0. The lowest BCUT2D eigenvalue weighted by atomic mass is 9.49. The molecule has 0 spiro atoms. The lowest BCUT2D eigenvalue weighted by Crippen LogP contribution is -2.54. The summed E-state index contributed by atoms with van der Waals surface area (Å²) >= 11 is 0. The van der Waals surface area contributed by atoms with Gasteiger partial charge in [-0.05, 0) is 69.1 Å². The maximum absolute atomic E-state index is 12.8. The Morgan fingerprint density at radius 2 is 1.71 bits per heavy atom. The van der Waals surface area contributed by atoms with Gasteiger partial charge < -0.3 is 10.1 Å². The van der Waals surface area contributed by atoms with E-state index >= 15 is 0 Å². The Balaban J connectivity index is 1.24. The van der Waals surface area contributed by atoms with E-state index in [0.717, 1.165) is 56.3 Å². The first kappa shape index (κ1) is 16.3. The molecule has 5 rings (SSSR count). The average Bonchev–Trinajstić information content (AvgIpc) is 2.57. The van der Waals surface area contributed by atoms with Crippen molar-refractivity contribution in [1.82, 2.24) is 10.8 Å². The largest absolute Gasteiger partial charge is 0.350 e. The Labute approximate surface area is 143 Å². The fourth-order valence-electron chi connectivity index (χ4n) is 5.71. The number of carbonyl (C=O) groups is 2. The molecule has 0 aromatic heterocycles. The van der Waals surface area contributed by atoms with Crippen molar-refractivity contribution in [3.05, 3.63) is 0 Å². The zero-order valence-electron chi connectivity index (χ0n) is 14.2. The van der Waals surface area contributed by atoms with Crippen LogP contribution < -0.4 is 10.8 Å². The number of hydrogen-bond acceptors (Lipinski definition) is 4. The highest BCUT2D eigenvalue weighted by Gasteiger charge is 2.54. The third kappa shape index (κ3) is 3.31. The second-order valence-electron chi connectivity index (χ2n) is 8.32. The standard InChI is InChI=1S/C18H28N2O4/c21-15(20-24-16-3-1-2-4-23-16)11-19-17(22)18-8-12-5-13(9-18)7-14(6-12)10-18/h12-14,16H,1-11H2,(H,19,22)(H,20,21)/t12?,13?,14?,16-,18?/m1/s1. The van der Waals surface area contributed by atoms with Gasteiger partial charge in [0, 0.05) is 18.4 Å². The maximum Gasteiger partial charge on any atom is 0.263 e. The summed E-state index contributed by atoms with van der Waals surface area (Å²) in [5.74, 6) is 1.93. The molecule has 2 N–H and O–H groups in total. The third-order valence-corrected chi connectivity index (χ3v) is 6.37. The molecule has 4 bridgehead atoms. The molecule has 6 heteroatoms. The van der Waals surface area contributed by atoms with Crippen LogP contribution in [0, 0.1) is 23.2 Å². The molecule has 1 atom stereocenters. The summed E-state index contributed by atoms with van der Waals surface area (Å²) < 4.78 is 5.39. The molecule has 0 aromatic carbocycles. The molecule has 5 aliphatic rings. The Morgan fingerprint density at radius 1 is 1.04 bits per heavy atom. The van der Waals surface area contributed by atoms with Crippen LogP contribution in [0.1, 0.15) is 57.8 Å². The molecule has 4 aliphatic carbocycles. The monoisotopic (exact) mass is 336 g/mol. The van der Waals surface area contributed by atoms with Crippen molar-refractivity contribution in [3.8, 4) is 0 Å². The van der Waals surface area contributed by atoms with Gasteiger partial charge in [0.1, 0.15) is 0 Å². The first-order valence-electron chi connectivity index (χ1n) is 9.47. The van der Waals surface area contributed by atoms with Gasteiger partial charge in [0.05, 0.1) is 6.54 Å². The molecule has 1 saturated heterocycles. The van der Waals surface area contributed by atoms with E-state index in [4.69, 9.17) is 9.57 Å².